The Hall–Kier alpha value is -1.57. The fourth-order valence-corrected chi connectivity index (χ4v) is 2.53. The highest BCUT2D eigenvalue weighted by atomic mass is 35.5. The van der Waals surface area contributed by atoms with Gasteiger partial charge in [0.05, 0.1) is 25.2 Å². The van der Waals surface area contributed by atoms with E-state index in [1.807, 2.05) is 0 Å². The summed E-state index contributed by atoms with van der Waals surface area (Å²) in [5.74, 6) is -0.282. The molecule has 2 heterocycles. The van der Waals surface area contributed by atoms with E-state index in [4.69, 9.17) is 16.7 Å². The number of benzene rings is 1. The summed E-state index contributed by atoms with van der Waals surface area (Å²) >= 11 is 5.93. The summed E-state index contributed by atoms with van der Waals surface area (Å²) in [5.41, 5.74) is -0.861. The molecule has 0 bridgehead atoms. The van der Waals surface area contributed by atoms with Crippen molar-refractivity contribution in [3.8, 4) is 0 Å². The molecule has 0 atom stereocenters. The van der Waals surface area contributed by atoms with E-state index in [1.165, 1.54) is 0 Å². The Morgan fingerprint density at radius 1 is 1.33 bits per heavy atom. The van der Waals surface area contributed by atoms with Crippen LogP contribution in [0.4, 0.5) is 14.6 Å². The maximum atomic E-state index is 12.9. The van der Waals surface area contributed by atoms with Crippen LogP contribution >= 0.6 is 11.6 Å². The molecule has 2 N–H and O–H groups in total. The van der Waals surface area contributed by atoms with Crippen molar-refractivity contribution in [1.82, 2.24) is 9.97 Å². The lowest BCUT2D eigenvalue weighted by Crippen LogP contribution is -2.64. The standard InChI is InChI=1S/C13H12ClF2N3O2/c14-7-1-2-9-8(3-7)12(18-11(17-9)10(15)16)19-4-13(21,5-19)6-20/h1-3,10,20-21H,4-6H2. The Labute approximate surface area is 123 Å². The van der Waals surface area contributed by atoms with E-state index in [0.29, 0.717) is 15.9 Å². The van der Waals surface area contributed by atoms with E-state index in [-0.39, 0.29) is 18.9 Å². The Kier molecular flexibility index (Phi) is 3.43. The third kappa shape index (κ3) is 2.52. The quantitative estimate of drug-likeness (QED) is 0.903. The highest BCUT2D eigenvalue weighted by Crippen LogP contribution is 2.34. The van der Waals surface area contributed by atoms with Crippen molar-refractivity contribution in [2.45, 2.75) is 12.0 Å². The van der Waals surface area contributed by atoms with Gasteiger partial charge in [0.1, 0.15) is 11.4 Å². The smallest absolute Gasteiger partial charge is 0.297 e. The van der Waals surface area contributed by atoms with Gasteiger partial charge >= 0.3 is 0 Å². The monoisotopic (exact) mass is 315 g/mol. The maximum absolute atomic E-state index is 12.9. The average molecular weight is 316 g/mol. The molecular weight excluding hydrogens is 304 g/mol. The summed E-state index contributed by atoms with van der Waals surface area (Å²) in [6.07, 6.45) is -2.79. The van der Waals surface area contributed by atoms with E-state index < -0.39 is 24.5 Å². The zero-order valence-corrected chi connectivity index (χ0v) is 11.6. The topological polar surface area (TPSA) is 69.5 Å². The van der Waals surface area contributed by atoms with Gasteiger partial charge < -0.3 is 15.1 Å². The van der Waals surface area contributed by atoms with Crippen molar-refractivity contribution in [3.05, 3.63) is 29.0 Å². The minimum absolute atomic E-state index is 0.116. The summed E-state index contributed by atoms with van der Waals surface area (Å²) in [6.45, 7) is -0.162. The average Bonchev–Trinajstić information content (AvgIpc) is 2.42. The highest BCUT2D eigenvalue weighted by molar-refractivity contribution is 6.31. The van der Waals surface area contributed by atoms with Gasteiger partial charge in [-0.25, -0.2) is 18.7 Å². The lowest BCUT2D eigenvalue weighted by Gasteiger charge is -2.46. The third-order valence-corrected chi connectivity index (χ3v) is 3.65. The van der Waals surface area contributed by atoms with Crippen LogP contribution in [0.5, 0.6) is 0 Å². The van der Waals surface area contributed by atoms with Gasteiger partial charge in [0, 0.05) is 10.4 Å². The molecule has 8 heteroatoms. The van der Waals surface area contributed by atoms with Gasteiger partial charge in [-0.05, 0) is 18.2 Å². The number of nitrogens with zero attached hydrogens (tertiary/aromatic N) is 3. The zero-order valence-electron chi connectivity index (χ0n) is 10.8. The number of aliphatic hydroxyl groups excluding tert-OH is 1. The van der Waals surface area contributed by atoms with Crippen LogP contribution in [0.1, 0.15) is 12.2 Å². The van der Waals surface area contributed by atoms with Crippen LogP contribution in [0.3, 0.4) is 0 Å². The van der Waals surface area contributed by atoms with Gasteiger partial charge in [-0.15, -0.1) is 0 Å². The number of hydrogen-bond acceptors (Lipinski definition) is 5. The van der Waals surface area contributed by atoms with Crippen LogP contribution < -0.4 is 4.90 Å². The van der Waals surface area contributed by atoms with Crippen molar-refractivity contribution in [2.75, 3.05) is 24.6 Å². The third-order valence-electron chi connectivity index (χ3n) is 3.41. The molecule has 112 valence electrons. The number of fused-ring (bicyclic) bond motifs is 1. The van der Waals surface area contributed by atoms with E-state index in [1.54, 1.807) is 23.1 Å². The fourth-order valence-electron chi connectivity index (χ4n) is 2.35. The molecule has 1 aromatic heterocycles. The lowest BCUT2D eigenvalue weighted by molar-refractivity contribution is -0.0362. The van der Waals surface area contributed by atoms with Crippen LogP contribution in [0, 0.1) is 0 Å². The molecule has 2 aromatic rings. The summed E-state index contributed by atoms with van der Waals surface area (Å²) in [4.78, 5) is 9.31. The number of aliphatic hydroxyl groups is 2. The summed E-state index contributed by atoms with van der Waals surface area (Å²) in [7, 11) is 0. The second-order valence-corrected chi connectivity index (χ2v) is 5.54. The van der Waals surface area contributed by atoms with Crippen molar-refractivity contribution >= 4 is 28.3 Å². The number of rotatable bonds is 3. The lowest BCUT2D eigenvalue weighted by atomic mass is 9.95. The Morgan fingerprint density at radius 2 is 2.05 bits per heavy atom. The Morgan fingerprint density at radius 3 is 2.67 bits per heavy atom. The van der Waals surface area contributed by atoms with Crippen LogP contribution in [-0.2, 0) is 0 Å². The van der Waals surface area contributed by atoms with E-state index >= 15 is 0 Å². The molecule has 21 heavy (non-hydrogen) atoms. The Bertz CT molecular complexity index is 692. The molecule has 1 saturated heterocycles. The first kappa shape index (κ1) is 14.4. The van der Waals surface area contributed by atoms with Crippen LogP contribution in [0.25, 0.3) is 10.9 Å². The molecule has 1 fully saturated rings. The predicted octanol–water partition coefficient (Wildman–Crippen LogP) is 1.76. The number of halogens is 3. The molecule has 0 aliphatic carbocycles. The predicted molar refractivity (Wildman–Crippen MR) is 73.8 cm³/mol. The number of β-amino-alcohol motifs (C(OH)–C–C–N with tert-alkyl or cyclic N) is 1. The van der Waals surface area contributed by atoms with Crippen LogP contribution in [0.15, 0.2) is 18.2 Å². The number of anilines is 1. The first-order valence-electron chi connectivity index (χ1n) is 6.25. The summed E-state index contributed by atoms with van der Waals surface area (Å²) in [6, 6.07) is 4.71. The first-order valence-corrected chi connectivity index (χ1v) is 6.63. The molecule has 0 unspecified atom stereocenters. The minimum Gasteiger partial charge on any atom is -0.393 e. The van der Waals surface area contributed by atoms with Gasteiger partial charge in [-0.3, -0.25) is 0 Å². The van der Waals surface area contributed by atoms with E-state index in [0.717, 1.165) is 0 Å². The van der Waals surface area contributed by atoms with Crippen molar-refractivity contribution in [1.29, 1.82) is 0 Å². The largest absolute Gasteiger partial charge is 0.393 e. The molecular formula is C13H12ClF2N3O2. The van der Waals surface area contributed by atoms with Crippen molar-refractivity contribution in [2.24, 2.45) is 0 Å². The van der Waals surface area contributed by atoms with Gasteiger partial charge in [0.25, 0.3) is 6.43 Å². The zero-order chi connectivity index (χ0) is 15.2. The van der Waals surface area contributed by atoms with Crippen LogP contribution in [0.2, 0.25) is 5.02 Å². The normalized spacial score (nSPS) is 17.3. The molecule has 0 amide bonds. The van der Waals surface area contributed by atoms with E-state index in [2.05, 4.69) is 9.97 Å². The summed E-state index contributed by atoms with van der Waals surface area (Å²) < 4.78 is 25.8. The number of alkyl halides is 2. The fraction of sp³-hybridized carbons (Fsp3) is 0.385. The van der Waals surface area contributed by atoms with Gasteiger partial charge in [0.2, 0.25) is 0 Å². The molecule has 0 spiro atoms. The molecule has 0 saturated carbocycles. The number of hydrogen-bond donors (Lipinski definition) is 2. The molecule has 0 radical (unpaired) electrons. The number of aromatic nitrogens is 2. The first-order chi connectivity index (χ1) is 9.92. The highest BCUT2D eigenvalue weighted by Gasteiger charge is 2.42. The molecule has 1 aliphatic rings. The molecule has 1 aromatic carbocycles. The second-order valence-electron chi connectivity index (χ2n) is 5.11. The molecule has 5 nitrogen and oxygen atoms in total. The van der Waals surface area contributed by atoms with Crippen LogP contribution in [-0.4, -0.2) is 45.5 Å². The summed E-state index contributed by atoms with van der Waals surface area (Å²) in [5, 5.41) is 19.9. The molecule has 3 rings (SSSR count). The minimum atomic E-state index is -2.79. The van der Waals surface area contributed by atoms with E-state index in [9.17, 15) is 13.9 Å². The van der Waals surface area contributed by atoms with Crippen molar-refractivity contribution in [3.63, 3.8) is 0 Å². The maximum Gasteiger partial charge on any atom is 0.297 e. The SMILES string of the molecule is OCC1(O)CN(c2nc(C(F)F)nc3ccc(Cl)cc23)C1. The van der Waals surface area contributed by atoms with Gasteiger partial charge in [-0.2, -0.15) is 0 Å². The van der Waals surface area contributed by atoms with Gasteiger partial charge in [0.15, 0.2) is 5.82 Å². The van der Waals surface area contributed by atoms with Gasteiger partial charge in [-0.1, -0.05) is 11.6 Å². The second kappa shape index (κ2) is 5.01. The Balaban J connectivity index is 2.09. The van der Waals surface area contributed by atoms with Crippen molar-refractivity contribution < 1.29 is 19.0 Å². The molecule has 1 aliphatic heterocycles.